The van der Waals surface area contributed by atoms with Crippen molar-refractivity contribution in [2.75, 3.05) is 36.5 Å². The first-order valence-corrected chi connectivity index (χ1v) is 10.3. The minimum absolute atomic E-state index is 0.324. The average molecular weight is 398 g/mol. The highest BCUT2D eigenvalue weighted by molar-refractivity contribution is 6.31. The molecule has 3 aliphatic rings. The molecule has 0 spiro atoms. The van der Waals surface area contributed by atoms with Gasteiger partial charge in [0.05, 0.1) is 24.5 Å². The molecule has 3 aliphatic heterocycles. The predicted molar refractivity (Wildman–Crippen MR) is 112 cm³/mol. The van der Waals surface area contributed by atoms with Gasteiger partial charge in [-0.15, -0.1) is 0 Å². The van der Waals surface area contributed by atoms with Gasteiger partial charge in [-0.3, -0.25) is 4.90 Å². The van der Waals surface area contributed by atoms with Crippen LogP contribution in [0.3, 0.4) is 0 Å². The van der Waals surface area contributed by atoms with Crippen LogP contribution >= 0.6 is 11.6 Å². The average Bonchev–Trinajstić information content (AvgIpc) is 2.90. The number of anilines is 3. The fourth-order valence-electron chi connectivity index (χ4n) is 5.04. The number of amides is 1. The van der Waals surface area contributed by atoms with E-state index in [9.17, 15) is 4.79 Å². The topological polar surface area (TPSA) is 36.0 Å². The number of fused-ring (bicyclic) bond motifs is 5. The molecule has 3 heterocycles. The summed E-state index contributed by atoms with van der Waals surface area (Å²) < 4.78 is 5.40. The van der Waals surface area contributed by atoms with Gasteiger partial charge in [0, 0.05) is 29.2 Å². The van der Waals surface area contributed by atoms with Crippen molar-refractivity contribution in [3.05, 3.63) is 52.5 Å². The first kappa shape index (κ1) is 17.8. The normalized spacial score (nSPS) is 23.0. The summed E-state index contributed by atoms with van der Waals surface area (Å²) >= 11 is 6.55. The fraction of sp³-hybridized carbons (Fsp3) is 0.409. The molecule has 2 atom stereocenters. The summed E-state index contributed by atoms with van der Waals surface area (Å²) in [5.41, 5.74) is 5.54. The zero-order valence-corrected chi connectivity index (χ0v) is 16.9. The zero-order valence-electron chi connectivity index (χ0n) is 16.2. The SMILES string of the molecule is CCOC(=O)N1Cc2ccccc2N2c3c(cc(Cl)cc31)[C@@H]1CN(C)CC[C@H]12. The number of likely N-dealkylation sites (N-methyl/N-ethyl adjacent to an activating group) is 1. The van der Waals surface area contributed by atoms with Crippen molar-refractivity contribution in [1.82, 2.24) is 4.90 Å². The van der Waals surface area contributed by atoms with Gasteiger partial charge in [0.15, 0.2) is 0 Å². The van der Waals surface area contributed by atoms with E-state index in [-0.39, 0.29) is 6.09 Å². The van der Waals surface area contributed by atoms with Crippen LogP contribution in [0.1, 0.15) is 30.4 Å². The molecule has 5 rings (SSSR count). The smallest absolute Gasteiger partial charge is 0.414 e. The maximum Gasteiger partial charge on any atom is 0.414 e. The van der Waals surface area contributed by atoms with E-state index in [0.717, 1.165) is 36.4 Å². The van der Waals surface area contributed by atoms with Gasteiger partial charge in [0.25, 0.3) is 0 Å². The number of hydrogen-bond acceptors (Lipinski definition) is 4. The molecule has 2 aromatic rings. The Balaban J connectivity index is 1.76. The van der Waals surface area contributed by atoms with E-state index in [1.54, 1.807) is 4.90 Å². The number of carbonyl (C=O) groups is 1. The molecule has 0 aromatic heterocycles. The highest BCUT2D eigenvalue weighted by Gasteiger charge is 2.46. The highest BCUT2D eigenvalue weighted by atomic mass is 35.5. The molecular weight excluding hydrogens is 374 g/mol. The molecule has 1 saturated heterocycles. The standard InChI is InChI=1S/C22H24ClN3O2/c1-3-28-22(27)25-12-14-6-4-5-7-18(14)26-19-8-9-24(2)13-17(19)16-10-15(23)11-20(25)21(16)26/h4-7,10-11,17,19H,3,8-9,12-13H2,1-2H3/t17-,19+/m0/s1. The Morgan fingerprint density at radius 3 is 2.89 bits per heavy atom. The Kier molecular flexibility index (Phi) is 4.25. The molecule has 6 heteroatoms. The summed E-state index contributed by atoms with van der Waals surface area (Å²) in [6.45, 7) is 4.73. The van der Waals surface area contributed by atoms with Crippen molar-refractivity contribution in [1.29, 1.82) is 0 Å². The Bertz CT molecular complexity index is 947. The van der Waals surface area contributed by atoms with E-state index in [4.69, 9.17) is 16.3 Å². The summed E-state index contributed by atoms with van der Waals surface area (Å²) in [6, 6.07) is 12.8. The van der Waals surface area contributed by atoms with Crippen molar-refractivity contribution >= 4 is 34.8 Å². The monoisotopic (exact) mass is 397 g/mol. The molecule has 0 saturated carbocycles. The maximum absolute atomic E-state index is 12.9. The number of halogens is 1. The number of para-hydroxylation sites is 1. The van der Waals surface area contributed by atoms with Gasteiger partial charge in [-0.05, 0) is 56.3 Å². The van der Waals surface area contributed by atoms with E-state index >= 15 is 0 Å². The second kappa shape index (κ2) is 6.68. The van der Waals surface area contributed by atoms with E-state index in [0.29, 0.717) is 30.1 Å². The summed E-state index contributed by atoms with van der Waals surface area (Å²) in [5, 5.41) is 0.669. The number of carbonyl (C=O) groups excluding carboxylic acids is 1. The molecule has 146 valence electrons. The third kappa shape index (κ3) is 2.60. The van der Waals surface area contributed by atoms with Crippen LogP contribution in [-0.4, -0.2) is 43.8 Å². The number of piperidine rings is 1. The summed E-state index contributed by atoms with van der Waals surface area (Å²) in [5.74, 6) is 0.376. The summed E-state index contributed by atoms with van der Waals surface area (Å²) in [6.07, 6.45) is 0.760. The Hall–Kier alpha value is -2.24. The molecule has 5 nitrogen and oxygen atoms in total. The lowest BCUT2D eigenvalue weighted by atomic mass is 9.89. The summed E-state index contributed by atoms with van der Waals surface area (Å²) in [7, 11) is 2.18. The van der Waals surface area contributed by atoms with Gasteiger partial charge in [0.1, 0.15) is 0 Å². The Morgan fingerprint density at radius 2 is 2.07 bits per heavy atom. The molecule has 0 N–H and O–H groups in total. The van der Waals surface area contributed by atoms with Crippen LogP contribution in [0.2, 0.25) is 5.02 Å². The molecule has 0 aliphatic carbocycles. The van der Waals surface area contributed by atoms with E-state index in [2.05, 4.69) is 41.1 Å². The number of ether oxygens (including phenoxy) is 1. The first-order valence-electron chi connectivity index (χ1n) is 9.92. The van der Waals surface area contributed by atoms with Gasteiger partial charge >= 0.3 is 6.09 Å². The van der Waals surface area contributed by atoms with Gasteiger partial charge in [-0.2, -0.15) is 0 Å². The minimum Gasteiger partial charge on any atom is -0.449 e. The lowest BCUT2D eigenvalue weighted by molar-refractivity contribution is 0.159. The third-order valence-corrected chi connectivity index (χ3v) is 6.41. The zero-order chi connectivity index (χ0) is 19.4. The van der Waals surface area contributed by atoms with Gasteiger partial charge in [0.2, 0.25) is 0 Å². The van der Waals surface area contributed by atoms with Crippen LogP contribution in [0.25, 0.3) is 0 Å². The number of hydrogen-bond donors (Lipinski definition) is 0. The number of benzene rings is 2. The summed E-state index contributed by atoms with van der Waals surface area (Å²) in [4.78, 5) is 19.5. The van der Waals surface area contributed by atoms with Crippen molar-refractivity contribution in [3.63, 3.8) is 0 Å². The molecule has 0 bridgehead atoms. The number of rotatable bonds is 1. The van der Waals surface area contributed by atoms with E-state index in [1.807, 2.05) is 19.1 Å². The molecule has 1 amide bonds. The number of likely N-dealkylation sites (tertiary alicyclic amines) is 1. The van der Waals surface area contributed by atoms with Gasteiger partial charge in [-0.1, -0.05) is 29.8 Å². The second-order valence-electron chi connectivity index (χ2n) is 7.87. The van der Waals surface area contributed by atoms with Crippen LogP contribution in [0.4, 0.5) is 21.9 Å². The molecule has 2 aromatic carbocycles. The van der Waals surface area contributed by atoms with Crippen LogP contribution in [0.15, 0.2) is 36.4 Å². The largest absolute Gasteiger partial charge is 0.449 e. The van der Waals surface area contributed by atoms with Crippen molar-refractivity contribution in [3.8, 4) is 0 Å². The quantitative estimate of drug-likeness (QED) is 0.695. The van der Waals surface area contributed by atoms with Crippen molar-refractivity contribution in [2.45, 2.75) is 31.8 Å². The Labute approximate surface area is 170 Å². The molecular formula is C22H24ClN3O2. The molecule has 28 heavy (non-hydrogen) atoms. The maximum atomic E-state index is 12.9. The second-order valence-corrected chi connectivity index (χ2v) is 8.31. The highest BCUT2D eigenvalue weighted by Crippen LogP contribution is 2.55. The predicted octanol–water partition coefficient (Wildman–Crippen LogP) is 4.76. The van der Waals surface area contributed by atoms with Gasteiger partial charge < -0.3 is 14.5 Å². The van der Waals surface area contributed by atoms with E-state index < -0.39 is 0 Å². The molecule has 1 fully saturated rings. The third-order valence-electron chi connectivity index (χ3n) is 6.19. The Morgan fingerprint density at radius 1 is 1.25 bits per heavy atom. The van der Waals surface area contributed by atoms with Crippen molar-refractivity contribution in [2.24, 2.45) is 0 Å². The lowest BCUT2D eigenvalue weighted by Crippen LogP contribution is -2.43. The fourth-order valence-corrected chi connectivity index (χ4v) is 5.26. The van der Waals surface area contributed by atoms with Crippen molar-refractivity contribution < 1.29 is 9.53 Å². The molecule has 0 radical (unpaired) electrons. The van der Waals surface area contributed by atoms with E-state index in [1.165, 1.54) is 11.3 Å². The van der Waals surface area contributed by atoms with Crippen LogP contribution in [-0.2, 0) is 11.3 Å². The minimum atomic E-state index is -0.324. The van der Waals surface area contributed by atoms with Crippen LogP contribution < -0.4 is 9.80 Å². The lowest BCUT2D eigenvalue weighted by Gasteiger charge is -2.37. The van der Waals surface area contributed by atoms with Crippen LogP contribution in [0, 0.1) is 0 Å². The molecule has 0 unspecified atom stereocenters. The van der Waals surface area contributed by atoms with Crippen LogP contribution in [0.5, 0.6) is 0 Å². The first-order chi connectivity index (χ1) is 13.6. The number of nitrogens with zero attached hydrogens (tertiary/aromatic N) is 3. The van der Waals surface area contributed by atoms with Gasteiger partial charge in [-0.25, -0.2) is 4.79 Å².